The normalized spacial score (nSPS) is 11.6. The van der Waals surface area contributed by atoms with Gasteiger partial charge in [0, 0.05) is 38.4 Å². The Labute approximate surface area is 290 Å². The molecule has 0 atom stereocenters. The third kappa shape index (κ3) is 4.57. The molecule has 0 bridgehead atoms. The van der Waals surface area contributed by atoms with E-state index < -0.39 is 0 Å². The second-order valence-corrected chi connectivity index (χ2v) is 12.9. The third-order valence-electron chi connectivity index (χ3n) is 9.97. The molecule has 0 fully saturated rings. The molecule has 2 aromatic heterocycles. The molecule has 2 heteroatoms. The van der Waals surface area contributed by atoms with E-state index in [4.69, 9.17) is 4.42 Å². The van der Waals surface area contributed by atoms with Gasteiger partial charge < -0.3 is 8.98 Å². The van der Waals surface area contributed by atoms with E-state index in [9.17, 15) is 0 Å². The van der Waals surface area contributed by atoms with Crippen LogP contribution in [0.1, 0.15) is 0 Å². The minimum Gasteiger partial charge on any atom is -0.455 e. The van der Waals surface area contributed by atoms with Crippen molar-refractivity contribution in [3.63, 3.8) is 0 Å². The lowest BCUT2D eigenvalue weighted by Gasteiger charge is -2.10. The molecule has 2 nitrogen and oxygen atoms in total. The number of furan rings is 1. The number of para-hydroxylation sites is 2. The average molecular weight is 638 g/mol. The number of benzene rings is 8. The van der Waals surface area contributed by atoms with Crippen molar-refractivity contribution in [2.75, 3.05) is 0 Å². The molecule has 0 saturated carbocycles. The van der Waals surface area contributed by atoms with Crippen LogP contribution in [0.4, 0.5) is 0 Å². The SMILES string of the molecule is c1ccc(-c2cc(-c3ccccc3)c3oc4c(-c5ccccc5)cc(-c5ccc6c(c5)c5ccccc5n6-c5ccccc5)cc4c3c2)cc1. The van der Waals surface area contributed by atoms with Gasteiger partial charge in [-0.1, -0.05) is 133 Å². The Morgan fingerprint density at radius 1 is 0.300 bits per heavy atom. The first-order chi connectivity index (χ1) is 24.8. The quantitative estimate of drug-likeness (QED) is 0.184. The summed E-state index contributed by atoms with van der Waals surface area (Å²) in [6, 6.07) is 67.3. The Hall–Kier alpha value is -6.64. The van der Waals surface area contributed by atoms with Gasteiger partial charge >= 0.3 is 0 Å². The van der Waals surface area contributed by atoms with Crippen molar-refractivity contribution in [3.8, 4) is 50.2 Å². The van der Waals surface area contributed by atoms with Gasteiger partial charge in [0.05, 0.1) is 11.0 Å². The van der Waals surface area contributed by atoms with Crippen LogP contribution in [0.5, 0.6) is 0 Å². The van der Waals surface area contributed by atoms with E-state index in [1.165, 1.54) is 38.5 Å². The highest BCUT2D eigenvalue weighted by Gasteiger charge is 2.20. The predicted molar refractivity (Wildman–Crippen MR) is 210 cm³/mol. The van der Waals surface area contributed by atoms with Gasteiger partial charge in [0.25, 0.3) is 0 Å². The summed E-state index contributed by atoms with van der Waals surface area (Å²) < 4.78 is 9.35. The number of hydrogen-bond acceptors (Lipinski definition) is 1. The molecule has 0 aliphatic rings. The highest BCUT2D eigenvalue weighted by molar-refractivity contribution is 6.16. The van der Waals surface area contributed by atoms with E-state index in [0.717, 1.165) is 55.4 Å². The molecular formula is C48H31NO. The van der Waals surface area contributed by atoms with Crippen molar-refractivity contribution in [1.29, 1.82) is 0 Å². The van der Waals surface area contributed by atoms with Crippen LogP contribution in [0, 0.1) is 0 Å². The van der Waals surface area contributed by atoms with Gasteiger partial charge in [0.1, 0.15) is 11.2 Å². The minimum atomic E-state index is 0.902. The molecule has 0 aliphatic heterocycles. The number of fused-ring (bicyclic) bond motifs is 6. The zero-order valence-corrected chi connectivity index (χ0v) is 27.3. The van der Waals surface area contributed by atoms with Crippen LogP contribution in [0.2, 0.25) is 0 Å². The van der Waals surface area contributed by atoms with Crippen molar-refractivity contribution >= 4 is 43.7 Å². The Bertz CT molecular complexity index is 2830. The van der Waals surface area contributed by atoms with E-state index in [2.05, 4.69) is 193 Å². The molecule has 234 valence electrons. The van der Waals surface area contributed by atoms with Crippen molar-refractivity contribution < 1.29 is 4.42 Å². The summed E-state index contributed by atoms with van der Waals surface area (Å²) in [5, 5.41) is 4.70. The number of aromatic nitrogens is 1. The molecule has 50 heavy (non-hydrogen) atoms. The fourth-order valence-corrected chi connectivity index (χ4v) is 7.62. The van der Waals surface area contributed by atoms with Crippen LogP contribution in [0.15, 0.2) is 192 Å². The zero-order chi connectivity index (χ0) is 33.0. The fourth-order valence-electron chi connectivity index (χ4n) is 7.62. The van der Waals surface area contributed by atoms with Gasteiger partial charge in [-0.05, 0) is 88.0 Å². The van der Waals surface area contributed by atoms with Crippen molar-refractivity contribution in [2.24, 2.45) is 0 Å². The number of hydrogen-bond donors (Lipinski definition) is 0. The maximum atomic E-state index is 6.98. The van der Waals surface area contributed by atoms with Gasteiger partial charge in [-0.3, -0.25) is 0 Å². The van der Waals surface area contributed by atoms with Crippen LogP contribution >= 0.6 is 0 Å². The average Bonchev–Trinajstić information content (AvgIpc) is 3.74. The second-order valence-electron chi connectivity index (χ2n) is 12.9. The van der Waals surface area contributed by atoms with Crippen molar-refractivity contribution in [2.45, 2.75) is 0 Å². The molecule has 0 radical (unpaired) electrons. The van der Waals surface area contributed by atoms with Crippen LogP contribution in [-0.2, 0) is 0 Å². The summed E-state index contributed by atoms with van der Waals surface area (Å²) >= 11 is 0. The minimum absolute atomic E-state index is 0.902. The molecule has 0 unspecified atom stereocenters. The topological polar surface area (TPSA) is 18.1 Å². The van der Waals surface area contributed by atoms with Gasteiger partial charge in [-0.25, -0.2) is 0 Å². The predicted octanol–water partition coefficient (Wildman–Crippen LogP) is 13.4. The first-order valence-corrected chi connectivity index (χ1v) is 17.1. The summed E-state index contributed by atoms with van der Waals surface area (Å²) in [7, 11) is 0. The Morgan fingerprint density at radius 3 is 1.36 bits per heavy atom. The lowest BCUT2D eigenvalue weighted by Crippen LogP contribution is -1.92. The maximum absolute atomic E-state index is 6.98. The molecule has 0 N–H and O–H groups in total. The van der Waals surface area contributed by atoms with E-state index in [-0.39, 0.29) is 0 Å². The summed E-state index contributed by atoms with van der Waals surface area (Å²) in [5.41, 5.74) is 14.5. The number of rotatable bonds is 5. The van der Waals surface area contributed by atoms with E-state index >= 15 is 0 Å². The summed E-state index contributed by atoms with van der Waals surface area (Å²) in [6.07, 6.45) is 0. The lowest BCUT2D eigenvalue weighted by atomic mass is 9.93. The van der Waals surface area contributed by atoms with Gasteiger partial charge in [-0.2, -0.15) is 0 Å². The van der Waals surface area contributed by atoms with Gasteiger partial charge in [0.15, 0.2) is 0 Å². The third-order valence-corrected chi connectivity index (χ3v) is 9.97. The molecular weight excluding hydrogens is 607 g/mol. The Balaban J connectivity index is 1.27. The zero-order valence-electron chi connectivity index (χ0n) is 27.3. The highest BCUT2D eigenvalue weighted by Crippen LogP contribution is 2.45. The molecule has 0 aliphatic carbocycles. The van der Waals surface area contributed by atoms with E-state index in [1.807, 2.05) is 0 Å². The van der Waals surface area contributed by atoms with E-state index in [0.29, 0.717) is 0 Å². The second kappa shape index (κ2) is 11.5. The van der Waals surface area contributed by atoms with Gasteiger partial charge in [-0.15, -0.1) is 0 Å². The molecule has 10 rings (SSSR count). The fraction of sp³-hybridized carbons (Fsp3) is 0. The number of nitrogens with zero attached hydrogens (tertiary/aromatic N) is 1. The summed E-state index contributed by atoms with van der Waals surface area (Å²) in [5.74, 6) is 0. The largest absolute Gasteiger partial charge is 0.455 e. The molecule has 0 amide bonds. The highest BCUT2D eigenvalue weighted by atomic mass is 16.3. The first kappa shape index (κ1) is 28.4. The molecule has 0 spiro atoms. The van der Waals surface area contributed by atoms with Gasteiger partial charge in [0.2, 0.25) is 0 Å². The summed E-state index contributed by atoms with van der Waals surface area (Å²) in [6.45, 7) is 0. The summed E-state index contributed by atoms with van der Waals surface area (Å²) in [4.78, 5) is 0. The Kier molecular flexibility index (Phi) is 6.53. The monoisotopic (exact) mass is 637 g/mol. The lowest BCUT2D eigenvalue weighted by molar-refractivity contribution is 0.671. The van der Waals surface area contributed by atoms with Crippen molar-refractivity contribution in [1.82, 2.24) is 4.57 Å². The van der Waals surface area contributed by atoms with Crippen molar-refractivity contribution in [3.05, 3.63) is 188 Å². The molecule has 0 saturated heterocycles. The maximum Gasteiger partial charge on any atom is 0.143 e. The molecule has 8 aromatic carbocycles. The van der Waals surface area contributed by atoms with E-state index in [1.54, 1.807) is 0 Å². The van der Waals surface area contributed by atoms with Crippen LogP contribution < -0.4 is 0 Å². The van der Waals surface area contributed by atoms with Crippen LogP contribution in [-0.4, -0.2) is 4.57 Å². The first-order valence-electron chi connectivity index (χ1n) is 17.1. The molecule has 2 heterocycles. The molecule has 10 aromatic rings. The smallest absolute Gasteiger partial charge is 0.143 e. The van der Waals surface area contributed by atoms with Crippen LogP contribution in [0.25, 0.3) is 93.9 Å². The standard InChI is InChI=1S/C48H31NO/c1-5-15-32(16-6-1)36-28-40(33-17-7-2-8-18-33)47-43(30-36)44-31-37(29-41(48(44)50-47)34-19-9-3-10-20-34)35-25-26-46-42(27-35)39-23-13-14-24-45(39)49(46)38-21-11-4-12-22-38/h1-31H. The Morgan fingerprint density at radius 2 is 0.760 bits per heavy atom. The van der Waals surface area contributed by atoms with Crippen LogP contribution in [0.3, 0.4) is 0 Å².